The molecule has 0 spiro atoms. The monoisotopic (exact) mass is 248 g/mol. The Kier molecular flexibility index (Phi) is 42.3. The molecule has 4 heavy (non-hydrogen) atoms. The van der Waals surface area contributed by atoms with Crippen LogP contribution in [0.3, 0.4) is 0 Å². The van der Waals surface area contributed by atoms with Crippen LogP contribution in [0.4, 0.5) is 0 Å². The van der Waals surface area contributed by atoms with Crippen LogP contribution in [0.1, 0.15) is 0 Å². The van der Waals surface area contributed by atoms with Crippen molar-refractivity contribution in [3.05, 3.63) is 0 Å². The molecule has 0 saturated carbocycles. The van der Waals surface area contributed by atoms with E-state index < -0.39 is 0 Å². The first-order valence-corrected chi connectivity index (χ1v) is 7.75. The predicted octanol–water partition coefficient (Wildman–Crippen LogP) is 1.37. The molecule has 0 aromatic rings. The second kappa shape index (κ2) is 17.1. The van der Waals surface area contributed by atoms with E-state index in [1.54, 1.807) is 0 Å². The molecule has 0 rings (SSSR count). The molecule has 0 aromatic heterocycles. The molecule has 0 fully saturated rings. The normalized spacial score (nSPS) is 2.00. The molecule has 0 saturated heterocycles. The topological polar surface area (TPSA) is 0 Å². The zero-order valence-electron chi connectivity index (χ0n) is 1.91. The van der Waals surface area contributed by atoms with Gasteiger partial charge in [0.05, 0.1) is 0 Å². The molecule has 4 heteroatoms. The van der Waals surface area contributed by atoms with Crippen molar-refractivity contribution in [3.63, 3.8) is 0 Å². The third-order valence-electron chi connectivity index (χ3n) is 0. The molecule has 0 radical (unpaired) electrons. The van der Waals surface area contributed by atoms with Gasteiger partial charge in [-0.1, -0.05) is 0 Å². The minimum absolute atomic E-state index is 0.822. The SMILES string of the molecule is [Cl][Y].[Cl][Y]. The molecule has 0 bridgehead atoms. The number of hydrogen-bond donors (Lipinski definition) is 0. The third-order valence-corrected chi connectivity index (χ3v) is 0. The summed E-state index contributed by atoms with van der Waals surface area (Å²) in [5, 5.41) is 0. The van der Waals surface area contributed by atoms with Crippen molar-refractivity contribution in [1.29, 1.82) is 0 Å². The molecule has 0 aliphatic rings. The molecular weight excluding hydrogens is 249 g/mol. The van der Waals surface area contributed by atoms with Crippen molar-refractivity contribution >= 4 is 14.7 Å². The summed E-state index contributed by atoms with van der Waals surface area (Å²) in [4.78, 5) is 0. The fourth-order valence-electron chi connectivity index (χ4n) is 0. The van der Waals surface area contributed by atoms with Crippen LogP contribution < -0.4 is 0 Å². The third kappa shape index (κ3) is 8.84. The first-order chi connectivity index (χ1) is 2.00. The molecule has 0 atom stereocenters. The fraction of sp³-hybridized carbons (Fsp3) is 0. The van der Waals surface area contributed by atoms with E-state index in [-0.39, 0.29) is 0 Å². The van der Waals surface area contributed by atoms with E-state index in [2.05, 4.69) is 0 Å². The summed E-state index contributed by atoms with van der Waals surface area (Å²) < 4.78 is 0. The van der Waals surface area contributed by atoms with Crippen LogP contribution in [-0.4, -0.2) is 0 Å². The molecule has 0 aliphatic heterocycles. The summed E-state index contributed by atoms with van der Waals surface area (Å²) >= 11 is 1.64. The maximum absolute atomic E-state index is 4.77. The number of rotatable bonds is 0. The second-order valence-electron chi connectivity index (χ2n) is 0. The summed E-state index contributed by atoms with van der Waals surface area (Å²) in [6.07, 6.45) is 0. The Balaban J connectivity index is 0. The van der Waals surface area contributed by atoms with E-state index >= 15 is 0 Å². The fourth-order valence-corrected chi connectivity index (χ4v) is 0. The van der Waals surface area contributed by atoms with Crippen LogP contribution in [0, 0.1) is 0 Å². The summed E-state index contributed by atoms with van der Waals surface area (Å²) in [5.74, 6) is 0. The Morgan fingerprint density at radius 1 is 0.750 bits per heavy atom. The Hall–Kier alpha value is 2.79. The van der Waals surface area contributed by atoms with E-state index in [4.69, 9.17) is 14.7 Å². The Labute approximate surface area is 72.0 Å². The molecule has 0 aliphatic carbocycles. The van der Waals surface area contributed by atoms with Gasteiger partial charge in [-0.3, -0.25) is 0 Å². The molecule has 0 amide bonds. The zero-order chi connectivity index (χ0) is 4.00. The molecular formula is Cl2Y2. The van der Waals surface area contributed by atoms with E-state index in [1.807, 2.05) is 0 Å². The van der Waals surface area contributed by atoms with Crippen molar-refractivity contribution in [2.45, 2.75) is 0 Å². The molecule has 20 valence electrons. The molecule has 0 nitrogen and oxygen atoms in total. The zero-order valence-corrected chi connectivity index (χ0v) is 9.10. The Bertz CT molecular complexity index is 4.00. The van der Waals surface area contributed by atoms with Gasteiger partial charge < -0.3 is 0 Å². The number of hydrogen-bond acceptors (Lipinski definition) is 0. The van der Waals surface area contributed by atoms with Crippen LogP contribution >= 0.6 is 14.7 Å². The van der Waals surface area contributed by atoms with E-state index in [0.717, 1.165) is 59.2 Å². The summed E-state index contributed by atoms with van der Waals surface area (Å²) in [7, 11) is 9.54. The van der Waals surface area contributed by atoms with Crippen LogP contribution in [-0.2, 0) is 59.2 Å². The van der Waals surface area contributed by atoms with E-state index in [1.165, 1.54) is 0 Å². The Morgan fingerprint density at radius 3 is 0.750 bits per heavy atom. The van der Waals surface area contributed by atoms with Gasteiger partial charge in [0.25, 0.3) is 0 Å². The predicted molar refractivity (Wildman–Crippen MR) is 11.7 cm³/mol. The van der Waals surface area contributed by atoms with Gasteiger partial charge in [-0.2, -0.15) is 0 Å². The first-order valence-electron chi connectivity index (χ1n) is 0.436. The number of halogens is 2. The van der Waals surface area contributed by atoms with Crippen LogP contribution in [0.2, 0.25) is 0 Å². The van der Waals surface area contributed by atoms with Gasteiger partial charge in [0, 0.05) is 0 Å². The van der Waals surface area contributed by atoms with E-state index in [9.17, 15) is 0 Å². The molecule has 0 N–H and O–H groups in total. The first kappa shape index (κ1) is 9.92. The summed E-state index contributed by atoms with van der Waals surface area (Å²) in [5.41, 5.74) is 0. The minimum atomic E-state index is 0.822. The van der Waals surface area contributed by atoms with Crippen LogP contribution in [0.25, 0.3) is 0 Å². The van der Waals surface area contributed by atoms with Crippen LogP contribution in [0.5, 0.6) is 0 Å². The second-order valence-corrected chi connectivity index (χ2v) is 0. The van der Waals surface area contributed by atoms with Crippen molar-refractivity contribution in [3.8, 4) is 0 Å². The van der Waals surface area contributed by atoms with Crippen molar-refractivity contribution in [2.24, 2.45) is 0 Å². The van der Waals surface area contributed by atoms with Crippen molar-refractivity contribution < 1.29 is 59.2 Å². The van der Waals surface area contributed by atoms with Crippen LogP contribution in [0.15, 0.2) is 0 Å². The average Bonchev–Trinajstić information content (AvgIpc) is 1.50. The van der Waals surface area contributed by atoms with Gasteiger partial charge in [-0.15, -0.1) is 0 Å². The van der Waals surface area contributed by atoms with Crippen molar-refractivity contribution in [1.82, 2.24) is 0 Å². The van der Waals surface area contributed by atoms with Gasteiger partial charge in [0.2, 0.25) is 0 Å². The van der Waals surface area contributed by atoms with Gasteiger partial charge >= 0.3 is 73.8 Å². The van der Waals surface area contributed by atoms with Crippen molar-refractivity contribution in [2.75, 3.05) is 0 Å². The average molecular weight is 249 g/mol. The van der Waals surface area contributed by atoms with E-state index in [0.29, 0.717) is 0 Å². The van der Waals surface area contributed by atoms with Gasteiger partial charge in [0.15, 0.2) is 0 Å². The standard InChI is InChI=1S/2ClH.2Y/h2*1H;;/q;;2*+1/p-2. The quantitative estimate of drug-likeness (QED) is 0.608. The molecule has 0 heterocycles. The summed E-state index contributed by atoms with van der Waals surface area (Å²) in [6.45, 7) is 0. The maximum atomic E-state index is 4.77. The van der Waals surface area contributed by atoms with Gasteiger partial charge in [0.1, 0.15) is 0 Å². The van der Waals surface area contributed by atoms with Gasteiger partial charge in [-0.05, 0) is 0 Å². The molecule has 0 aromatic carbocycles. The Morgan fingerprint density at radius 2 is 0.750 bits per heavy atom. The summed E-state index contributed by atoms with van der Waals surface area (Å²) in [6, 6.07) is 0. The molecule has 0 unspecified atom stereocenters. The van der Waals surface area contributed by atoms with Gasteiger partial charge in [-0.25, -0.2) is 0 Å².